The maximum Gasteiger partial charge on any atom is 0.224 e. The summed E-state index contributed by atoms with van der Waals surface area (Å²) < 4.78 is 5.99. The molecule has 0 aliphatic heterocycles. The van der Waals surface area contributed by atoms with E-state index in [1.54, 1.807) is 18.2 Å². The van der Waals surface area contributed by atoms with Crippen molar-refractivity contribution >= 4 is 39.1 Å². The molecule has 1 N–H and O–H groups in total. The van der Waals surface area contributed by atoms with Crippen LogP contribution in [0.3, 0.4) is 0 Å². The van der Waals surface area contributed by atoms with E-state index in [0.717, 1.165) is 10.9 Å². The predicted molar refractivity (Wildman–Crippen MR) is 73.5 cm³/mol. The molecule has 0 spiro atoms. The van der Waals surface area contributed by atoms with Gasteiger partial charge in [0.2, 0.25) is 5.91 Å². The van der Waals surface area contributed by atoms with E-state index in [9.17, 15) is 4.79 Å². The summed E-state index contributed by atoms with van der Waals surface area (Å²) in [7, 11) is 0. The molecular formula is C12H15BrClNO2. The quantitative estimate of drug-likeness (QED) is 0.808. The first-order valence-corrected chi connectivity index (χ1v) is 6.63. The van der Waals surface area contributed by atoms with Crippen LogP contribution in [-0.4, -0.2) is 19.1 Å². The van der Waals surface area contributed by atoms with Gasteiger partial charge in [-0.2, -0.15) is 0 Å². The molecule has 3 nitrogen and oxygen atoms in total. The molecular weight excluding hydrogens is 305 g/mol. The maximum atomic E-state index is 11.6. The molecule has 0 unspecified atom stereocenters. The molecule has 0 aromatic heterocycles. The van der Waals surface area contributed by atoms with Gasteiger partial charge in [0.05, 0.1) is 5.69 Å². The normalized spacial score (nSPS) is 10.3. The minimum Gasteiger partial charge on any atom is -0.382 e. The summed E-state index contributed by atoms with van der Waals surface area (Å²) >= 11 is 9.21. The van der Waals surface area contributed by atoms with Crippen LogP contribution in [0.5, 0.6) is 0 Å². The Balaban J connectivity index is 2.42. The van der Waals surface area contributed by atoms with Crippen LogP contribution < -0.4 is 5.32 Å². The zero-order valence-electron chi connectivity index (χ0n) is 9.63. The highest BCUT2D eigenvalue weighted by Crippen LogP contribution is 2.25. The minimum absolute atomic E-state index is 0.0346. The fourth-order valence-electron chi connectivity index (χ4n) is 1.29. The Morgan fingerprint density at radius 2 is 2.29 bits per heavy atom. The summed E-state index contributed by atoms with van der Waals surface area (Å²) in [5, 5.41) is 3.40. The van der Waals surface area contributed by atoms with Crippen molar-refractivity contribution in [1.82, 2.24) is 0 Å². The number of nitrogens with one attached hydrogen (secondary N) is 1. The lowest BCUT2D eigenvalue weighted by atomic mass is 10.2. The van der Waals surface area contributed by atoms with Crippen molar-refractivity contribution < 1.29 is 9.53 Å². The number of hydrogen-bond donors (Lipinski definition) is 1. The Morgan fingerprint density at radius 1 is 1.53 bits per heavy atom. The fourth-order valence-corrected chi connectivity index (χ4v) is 1.80. The summed E-state index contributed by atoms with van der Waals surface area (Å²) in [6.07, 6.45) is 1.16. The van der Waals surface area contributed by atoms with Gasteiger partial charge in [0.15, 0.2) is 0 Å². The van der Waals surface area contributed by atoms with Gasteiger partial charge in [0.25, 0.3) is 0 Å². The van der Waals surface area contributed by atoms with E-state index in [1.165, 1.54) is 0 Å². The molecule has 5 heteroatoms. The van der Waals surface area contributed by atoms with E-state index in [-0.39, 0.29) is 5.91 Å². The van der Waals surface area contributed by atoms with Crippen molar-refractivity contribution in [2.24, 2.45) is 0 Å². The monoisotopic (exact) mass is 319 g/mol. The molecule has 1 rings (SSSR count). The Bertz CT molecular complexity index is 385. The number of carbonyl (C=O) groups is 1. The third-order valence-electron chi connectivity index (χ3n) is 2.10. The van der Waals surface area contributed by atoms with Crippen molar-refractivity contribution in [3.8, 4) is 0 Å². The van der Waals surface area contributed by atoms with Gasteiger partial charge in [-0.05, 0) is 47.5 Å². The number of rotatable bonds is 6. The van der Waals surface area contributed by atoms with E-state index < -0.39 is 0 Å². The number of halogens is 2. The zero-order chi connectivity index (χ0) is 12.7. The molecule has 0 bridgehead atoms. The summed E-state index contributed by atoms with van der Waals surface area (Å²) in [6.45, 7) is 3.23. The van der Waals surface area contributed by atoms with Crippen molar-refractivity contribution in [3.05, 3.63) is 27.7 Å². The second-order valence-corrected chi connectivity index (χ2v) is 4.76. The molecule has 1 aromatic rings. The van der Waals surface area contributed by atoms with Crippen LogP contribution in [0.25, 0.3) is 0 Å². The van der Waals surface area contributed by atoms with Gasteiger partial charge in [-0.25, -0.2) is 0 Å². The fraction of sp³-hybridized carbons (Fsp3) is 0.417. The van der Waals surface area contributed by atoms with Crippen LogP contribution in [0.4, 0.5) is 5.69 Å². The summed E-state index contributed by atoms with van der Waals surface area (Å²) in [6, 6.07) is 5.28. The SMILES string of the molecule is CCOCCCC(=O)Nc1cc(Cl)ccc1Br. The van der Waals surface area contributed by atoms with Crippen molar-refractivity contribution in [2.75, 3.05) is 18.5 Å². The van der Waals surface area contributed by atoms with Crippen LogP contribution in [0.2, 0.25) is 5.02 Å². The van der Waals surface area contributed by atoms with Gasteiger partial charge in [-0.3, -0.25) is 4.79 Å². The first-order valence-electron chi connectivity index (χ1n) is 5.46. The lowest BCUT2D eigenvalue weighted by molar-refractivity contribution is -0.116. The Kier molecular flexibility index (Phi) is 6.55. The Morgan fingerprint density at radius 3 is 3.00 bits per heavy atom. The summed E-state index contributed by atoms with van der Waals surface area (Å²) in [4.78, 5) is 11.6. The van der Waals surface area contributed by atoms with Crippen LogP contribution in [0.15, 0.2) is 22.7 Å². The molecule has 0 fully saturated rings. The highest BCUT2D eigenvalue weighted by atomic mass is 79.9. The number of amides is 1. The topological polar surface area (TPSA) is 38.3 Å². The van der Waals surface area contributed by atoms with Gasteiger partial charge < -0.3 is 10.1 Å². The lowest BCUT2D eigenvalue weighted by Crippen LogP contribution is -2.12. The standard InChI is InChI=1S/C12H15BrClNO2/c1-2-17-7-3-4-12(16)15-11-8-9(14)5-6-10(11)13/h5-6,8H,2-4,7H2,1H3,(H,15,16). The molecule has 0 heterocycles. The van der Waals surface area contributed by atoms with E-state index in [0.29, 0.717) is 30.3 Å². The molecule has 17 heavy (non-hydrogen) atoms. The van der Waals surface area contributed by atoms with E-state index in [2.05, 4.69) is 21.2 Å². The first-order chi connectivity index (χ1) is 8.13. The van der Waals surface area contributed by atoms with Crippen molar-refractivity contribution in [1.29, 1.82) is 0 Å². The molecule has 0 aliphatic carbocycles. The van der Waals surface area contributed by atoms with Crippen LogP contribution in [0, 0.1) is 0 Å². The first kappa shape index (κ1) is 14.5. The molecule has 0 radical (unpaired) electrons. The molecule has 1 amide bonds. The van der Waals surface area contributed by atoms with Gasteiger partial charge in [0.1, 0.15) is 0 Å². The van der Waals surface area contributed by atoms with Crippen LogP contribution >= 0.6 is 27.5 Å². The van der Waals surface area contributed by atoms with Crippen molar-refractivity contribution in [2.45, 2.75) is 19.8 Å². The number of carbonyl (C=O) groups excluding carboxylic acids is 1. The van der Waals surface area contributed by atoms with Crippen LogP contribution in [0.1, 0.15) is 19.8 Å². The summed E-state index contributed by atoms with van der Waals surface area (Å²) in [5.41, 5.74) is 0.693. The minimum atomic E-state index is -0.0346. The number of benzene rings is 1. The lowest BCUT2D eigenvalue weighted by Gasteiger charge is -2.07. The number of ether oxygens (including phenoxy) is 1. The Hall–Kier alpha value is -0.580. The molecule has 0 saturated heterocycles. The second kappa shape index (κ2) is 7.69. The van der Waals surface area contributed by atoms with Gasteiger partial charge >= 0.3 is 0 Å². The van der Waals surface area contributed by atoms with E-state index >= 15 is 0 Å². The smallest absolute Gasteiger partial charge is 0.224 e. The highest BCUT2D eigenvalue weighted by Gasteiger charge is 2.06. The average Bonchev–Trinajstić information content (AvgIpc) is 2.29. The van der Waals surface area contributed by atoms with Gasteiger partial charge in [0, 0.05) is 29.1 Å². The molecule has 94 valence electrons. The largest absolute Gasteiger partial charge is 0.382 e. The van der Waals surface area contributed by atoms with E-state index in [4.69, 9.17) is 16.3 Å². The van der Waals surface area contributed by atoms with Crippen LogP contribution in [-0.2, 0) is 9.53 Å². The van der Waals surface area contributed by atoms with Crippen molar-refractivity contribution in [3.63, 3.8) is 0 Å². The molecule has 0 saturated carbocycles. The van der Waals surface area contributed by atoms with E-state index in [1.807, 2.05) is 6.92 Å². The van der Waals surface area contributed by atoms with Gasteiger partial charge in [-0.1, -0.05) is 11.6 Å². The Labute approximate surface area is 115 Å². The average molecular weight is 321 g/mol. The molecule has 1 aromatic carbocycles. The third kappa shape index (κ3) is 5.52. The number of hydrogen-bond acceptors (Lipinski definition) is 2. The zero-order valence-corrected chi connectivity index (χ0v) is 12.0. The number of anilines is 1. The summed E-state index contributed by atoms with van der Waals surface area (Å²) in [5.74, 6) is -0.0346. The third-order valence-corrected chi connectivity index (χ3v) is 3.03. The highest BCUT2D eigenvalue weighted by molar-refractivity contribution is 9.10. The maximum absolute atomic E-state index is 11.6. The molecule has 0 aliphatic rings. The second-order valence-electron chi connectivity index (χ2n) is 3.47. The molecule has 0 atom stereocenters. The van der Waals surface area contributed by atoms with Gasteiger partial charge in [-0.15, -0.1) is 0 Å². The predicted octanol–water partition coefficient (Wildman–Crippen LogP) is 3.86.